The Kier molecular flexibility index (Phi) is 10.5. The molecule has 2 aromatic carbocycles. The molecule has 282 valence electrons. The molecule has 0 spiro atoms. The number of nitrogens with one attached hydrogen (secondary N) is 1. The molecule has 1 atom stereocenters. The van der Waals surface area contributed by atoms with Gasteiger partial charge in [0.25, 0.3) is 15.6 Å². The minimum atomic E-state index is -4.08. The summed E-state index contributed by atoms with van der Waals surface area (Å²) in [5.74, 6) is -1.08. The standard InChI is InChI=1S/C40H42N4O9S/c1-7-28-29-18-26(45)13-16-33(29)42-37-30(28)21-44-34(37)19-32-31(38(44)47)22-52-39(48)40(32,8-2)53-36(46)20-41-35(17-24(4)9-12-25(5)51-6)43-54(49,50)27-14-10-23(3)11-15-27/h9-16,18-19,45H,7-8,17,20-22H2,1-6H3,(H,41,43)/b24-9+,25-12+/t40-/m0/s1. The summed E-state index contributed by atoms with van der Waals surface area (Å²) >= 11 is 0. The molecule has 54 heavy (non-hydrogen) atoms. The molecule has 0 radical (unpaired) electrons. The molecule has 0 aliphatic carbocycles. The van der Waals surface area contributed by atoms with Gasteiger partial charge in [0.2, 0.25) is 5.60 Å². The van der Waals surface area contributed by atoms with Crippen molar-refractivity contribution in [2.75, 3.05) is 13.7 Å². The highest BCUT2D eigenvalue weighted by atomic mass is 32.2. The molecule has 2 N–H and O–H groups in total. The molecular formula is C40H42N4O9S. The van der Waals surface area contributed by atoms with Gasteiger partial charge in [0.1, 0.15) is 24.7 Å². The minimum absolute atomic E-state index is 0.0127. The van der Waals surface area contributed by atoms with Gasteiger partial charge in [0, 0.05) is 22.9 Å². The van der Waals surface area contributed by atoms with E-state index in [2.05, 4.69) is 9.71 Å². The molecule has 0 saturated heterocycles. The van der Waals surface area contributed by atoms with Crippen molar-refractivity contribution in [3.63, 3.8) is 0 Å². The maximum Gasteiger partial charge on any atom is 0.355 e. The maximum absolute atomic E-state index is 14.1. The van der Waals surface area contributed by atoms with Gasteiger partial charge in [-0.1, -0.05) is 43.2 Å². The fourth-order valence-corrected chi connectivity index (χ4v) is 7.86. The molecule has 0 unspecified atom stereocenters. The summed E-state index contributed by atoms with van der Waals surface area (Å²) in [5, 5.41) is 11.0. The number of fused-ring (bicyclic) bond motifs is 5. The second-order valence-electron chi connectivity index (χ2n) is 13.4. The number of hydrogen-bond acceptors (Lipinski definition) is 11. The Balaban J connectivity index is 1.36. The molecule has 0 amide bonds. The van der Waals surface area contributed by atoms with Crippen molar-refractivity contribution in [3.05, 3.63) is 110 Å². The van der Waals surface area contributed by atoms with Gasteiger partial charge in [-0.25, -0.2) is 23.0 Å². The number of aryl methyl sites for hydroxylation is 2. The van der Waals surface area contributed by atoms with Crippen LogP contribution in [0.2, 0.25) is 0 Å². The zero-order valence-corrected chi connectivity index (χ0v) is 31.8. The largest absolute Gasteiger partial charge is 0.508 e. The predicted molar refractivity (Wildman–Crippen MR) is 202 cm³/mol. The fourth-order valence-electron chi connectivity index (χ4n) is 6.80. The molecule has 2 aliphatic heterocycles. The lowest BCUT2D eigenvalue weighted by atomic mass is 9.85. The van der Waals surface area contributed by atoms with E-state index in [1.54, 1.807) is 73.9 Å². The van der Waals surface area contributed by atoms with E-state index in [1.807, 2.05) is 13.8 Å². The van der Waals surface area contributed by atoms with Crippen molar-refractivity contribution >= 4 is 38.7 Å². The minimum Gasteiger partial charge on any atom is -0.508 e. The van der Waals surface area contributed by atoms with E-state index in [4.69, 9.17) is 19.2 Å². The number of pyridine rings is 2. The summed E-state index contributed by atoms with van der Waals surface area (Å²) in [4.78, 5) is 50.5. The highest BCUT2D eigenvalue weighted by Gasteiger charge is 2.50. The van der Waals surface area contributed by atoms with Crippen LogP contribution in [0, 0.1) is 6.92 Å². The summed E-state index contributed by atoms with van der Waals surface area (Å²) in [6, 6.07) is 12.9. The number of hydrogen-bond donors (Lipinski definition) is 2. The SMILES string of the molecule is CCc1c2c(nc3ccc(O)cc13)-c1cc3c(c(=O)n1C2)COC(=O)[C@@]3(CC)OC(=O)CN=C(C/C(C)=C/C=C(\C)OC)NS(=O)(=O)c1ccc(C)cc1. The summed E-state index contributed by atoms with van der Waals surface area (Å²) < 4.78 is 47.4. The number of ether oxygens (including phenoxy) is 3. The first kappa shape index (κ1) is 38.0. The van der Waals surface area contributed by atoms with E-state index in [-0.39, 0.29) is 53.6 Å². The van der Waals surface area contributed by atoms with E-state index in [1.165, 1.54) is 19.2 Å². The molecule has 6 rings (SSSR count). The zero-order chi connectivity index (χ0) is 38.9. The van der Waals surface area contributed by atoms with Crippen LogP contribution in [-0.2, 0) is 59.0 Å². The Hall–Kier alpha value is -5.76. The molecule has 0 bridgehead atoms. The number of aliphatic imine (C=N–C) groups is 1. The van der Waals surface area contributed by atoms with Crippen LogP contribution in [-0.4, -0.2) is 54.5 Å². The van der Waals surface area contributed by atoms with Gasteiger partial charge < -0.3 is 23.9 Å². The van der Waals surface area contributed by atoms with Crippen molar-refractivity contribution in [3.8, 4) is 17.1 Å². The van der Waals surface area contributed by atoms with Gasteiger partial charge in [0.05, 0.1) is 46.8 Å². The summed E-state index contributed by atoms with van der Waals surface area (Å²) in [6.45, 7) is 8.28. The van der Waals surface area contributed by atoms with Crippen molar-refractivity contribution in [2.45, 2.75) is 77.5 Å². The summed E-state index contributed by atoms with van der Waals surface area (Å²) in [7, 11) is -2.55. The van der Waals surface area contributed by atoms with Crippen LogP contribution in [0.15, 0.2) is 86.7 Å². The monoisotopic (exact) mass is 754 g/mol. The van der Waals surface area contributed by atoms with Crippen LogP contribution in [0.5, 0.6) is 5.75 Å². The summed E-state index contributed by atoms with van der Waals surface area (Å²) in [6.07, 6.45) is 4.05. The normalized spacial score (nSPS) is 17.1. The van der Waals surface area contributed by atoms with Crippen molar-refractivity contribution in [2.24, 2.45) is 4.99 Å². The topological polar surface area (TPSA) is 175 Å². The average Bonchev–Trinajstić information content (AvgIpc) is 3.51. The van der Waals surface area contributed by atoms with Crippen LogP contribution in [0.4, 0.5) is 0 Å². The number of esters is 2. The number of benzene rings is 2. The lowest BCUT2D eigenvalue weighted by Crippen LogP contribution is -2.47. The van der Waals surface area contributed by atoms with Crippen LogP contribution < -0.4 is 10.3 Å². The number of cyclic esters (lactones) is 1. The number of aromatic hydroxyl groups is 1. The first-order chi connectivity index (χ1) is 25.7. The molecule has 0 fully saturated rings. The van der Waals surface area contributed by atoms with E-state index >= 15 is 0 Å². The Morgan fingerprint density at radius 3 is 2.52 bits per heavy atom. The number of carbonyl (C=O) groups excluding carboxylic acids is 2. The Labute approximate surface area is 313 Å². The predicted octanol–water partition coefficient (Wildman–Crippen LogP) is 5.47. The lowest BCUT2D eigenvalue weighted by Gasteiger charge is -2.35. The van der Waals surface area contributed by atoms with Gasteiger partial charge in [-0.2, -0.15) is 0 Å². The van der Waals surface area contributed by atoms with E-state index in [9.17, 15) is 27.9 Å². The molecule has 4 heterocycles. The van der Waals surface area contributed by atoms with Crippen LogP contribution in [0.3, 0.4) is 0 Å². The maximum atomic E-state index is 14.1. The molecule has 13 nitrogen and oxygen atoms in total. The van der Waals surface area contributed by atoms with Gasteiger partial charge in [0.15, 0.2) is 0 Å². The highest BCUT2D eigenvalue weighted by Crippen LogP contribution is 2.42. The number of amidine groups is 1. The molecule has 2 aliphatic rings. The second-order valence-corrected chi connectivity index (χ2v) is 15.1. The lowest BCUT2D eigenvalue weighted by molar-refractivity contribution is -0.188. The number of allylic oxidation sites excluding steroid dienone is 3. The molecule has 14 heteroatoms. The molecular weight excluding hydrogens is 713 g/mol. The Morgan fingerprint density at radius 1 is 1.09 bits per heavy atom. The number of aromatic nitrogens is 2. The number of rotatable bonds is 11. The Bertz CT molecular complexity index is 2450. The van der Waals surface area contributed by atoms with E-state index in [0.717, 1.165) is 22.1 Å². The van der Waals surface area contributed by atoms with Gasteiger partial charge >= 0.3 is 11.9 Å². The number of phenolic OH excluding ortho intramolecular Hbond substituents is 1. The second kappa shape index (κ2) is 14.9. The zero-order valence-electron chi connectivity index (χ0n) is 31.0. The van der Waals surface area contributed by atoms with Crippen LogP contribution in [0.1, 0.15) is 68.4 Å². The first-order valence-corrected chi connectivity index (χ1v) is 19.0. The Morgan fingerprint density at radius 2 is 1.83 bits per heavy atom. The van der Waals surface area contributed by atoms with Gasteiger partial charge in [-0.05, 0) is 81.7 Å². The smallest absolute Gasteiger partial charge is 0.355 e. The van der Waals surface area contributed by atoms with Crippen molar-refractivity contribution in [1.82, 2.24) is 14.3 Å². The molecule has 0 saturated carbocycles. The van der Waals surface area contributed by atoms with Gasteiger partial charge in [-0.3, -0.25) is 14.5 Å². The average molecular weight is 755 g/mol. The third-order valence-electron chi connectivity index (χ3n) is 9.75. The van der Waals surface area contributed by atoms with Crippen molar-refractivity contribution < 1.29 is 37.3 Å². The number of nitrogens with zero attached hydrogens (tertiary/aromatic N) is 3. The van der Waals surface area contributed by atoms with Gasteiger partial charge in [-0.15, -0.1) is 0 Å². The third-order valence-corrected chi connectivity index (χ3v) is 11.1. The quantitative estimate of drug-likeness (QED) is 0.0579. The number of carbonyl (C=O) groups is 2. The number of methoxy groups -OCH3 is 1. The van der Waals surface area contributed by atoms with Crippen LogP contribution >= 0.6 is 0 Å². The molecule has 2 aromatic heterocycles. The van der Waals surface area contributed by atoms with E-state index < -0.39 is 39.7 Å². The van der Waals surface area contributed by atoms with E-state index in [0.29, 0.717) is 34.7 Å². The fraction of sp³-hybridized carbons (Fsp3) is 0.325. The van der Waals surface area contributed by atoms with Crippen LogP contribution in [0.25, 0.3) is 22.3 Å². The first-order valence-electron chi connectivity index (χ1n) is 17.5. The van der Waals surface area contributed by atoms with Crippen molar-refractivity contribution in [1.29, 1.82) is 0 Å². The summed E-state index contributed by atoms with van der Waals surface area (Å²) in [5.41, 5.74) is 3.02. The number of sulfonamides is 1. The molecule has 4 aromatic rings. The highest BCUT2D eigenvalue weighted by molar-refractivity contribution is 7.90. The number of phenols is 1. The third kappa shape index (κ3) is 7.13.